The van der Waals surface area contributed by atoms with Crippen LogP contribution in [0.3, 0.4) is 0 Å². The minimum absolute atomic E-state index is 0.109. The number of rotatable bonds is 2. The van der Waals surface area contributed by atoms with Crippen LogP contribution in [0.2, 0.25) is 0 Å². The first kappa shape index (κ1) is 9.57. The van der Waals surface area contributed by atoms with Crippen LogP contribution in [0.4, 0.5) is 4.79 Å². The van der Waals surface area contributed by atoms with Crippen LogP contribution < -0.4 is 5.32 Å². The van der Waals surface area contributed by atoms with Gasteiger partial charge < -0.3 is 15.2 Å². The summed E-state index contributed by atoms with van der Waals surface area (Å²) in [5.41, 5.74) is 0. The Morgan fingerprint density at radius 3 is 2.77 bits per heavy atom. The Bertz CT molecular complexity index is 225. The number of hydrogen-bond donors (Lipinski definition) is 2. The molecule has 5 nitrogen and oxygen atoms in total. The van der Waals surface area contributed by atoms with Gasteiger partial charge >= 0.3 is 6.16 Å². The third kappa shape index (κ3) is 3.14. The van der Waals surface area contributed by atoms with Gasteiger partial charge in [0.2, 0.25) is 5.91 Å². The predicted molar refractivity (Wildman–Crippen MR) is 44.3 cm³/mol. The lowest BCUT2D eigenvalue weighted by molar-refractivity contribution is -0.119. The van der Waals surface area contributed by atoms with Gasteiger partial charge in [-0.05, 0) is 6.08 Å². The molecule has 0 aromatic heterocycles. The summed E-state index contributed by atoms with van der Waals surface area (Å²) in [6.45, 7) is 1.42. The summed E-state index contributed by atoms with van der Waals surface area (Å²) in [6.07, 6.45) is 2.11. The van der Waals surface area contributed by atoms with Gasteiger partial charge in [0.1, 0.15) is 6.10 Å². The van der Waals surface area contributed by atoms with Crippen molar-refractivity contribution < 1.29 is 19.4 Å². The van der Waals surface area contributed by atoms with E-state index in [1.807, 2.05) is 0 Å². The third-order valence-corrected chi connectivity index (χ3v) is 1.69. The summed E-state index contributed by atoms with van der Waals surface area (Å²) in [7, 11) is 0. The van der Waals surface area contributed by atoms with Gasteiger partial charge in [-0.1, -0.05) is 6.08 Å². The van der Waals surface area contributed by atoms with Crippen LogP contribution in [0.15, 0.2) is 12.2 Å². The van der Waals surface area contributed by atoms with Crippen molar-refractivity contribution in [3.8, 4) is 0 Å². The molecule has 0 saturated heterocycles. The summed E-state index contributed by atoms with van der Waals surface area (Å²) in [6, 6.07) is -0.109. The molecule has 5 heteroatoms. The van der Waals surface area contributed by atoms with Crippen molar-refractivity contribution in [1.82, 2.24) is 5.32 Å². The fourth-order valence-electron chi connectivity index (χ4n) is 1.25. The molecule has 0 aromatic carbocycles. The molecule has 1 aliphatic rings. The Labute approximate surface area is 75.4 Å². The zero-order valence-electron chi connectivity index (χ0n) is 7.19. The quantitative estimate of drug-likeness (QED) is 0.485. The monoisotopic (exact) mass is 185 g/mol. The molecule has 2 atom stereocenters. The molecule has 0 spiro atoms. The molecule has 72 valence electrons. The van der Waals surface area contributed by atoms with E-state index >= 15 is 0 Å². The van der Waals surface area contributed by atoms with E-state index in [2.05, 4.69) is 10.1 Å². The van der Waals surface area contributed by atoms with Crippen molar-refractivity contribution in [2.24, 2.45) is 0 Å². The van der Waals surface area contributed by atoms with E-state index in [-0.39, 0.29) is 11.9 Å². The average molecular weight is 185 g/mol. The lowest BCUT2D eigenvalue weighted by atomic mass is 10.2. The van der Waals surface area contributed by atoms with Crippen molar-refractivity contribution in [2.45, 2.75) is 25.5 Å². The van der Waals surface area contributed by atoms with Crippen molar-refractivity contribution in [3.05, 3.63) is 12.2 Å². The van der Waals surface area contributed by atoms with Crippen molar-refractivity contribution in [2.75, 3.05) is 0 Å². The molecule has 0 heterocycles. The van der Waals surface area contributed by atoms with Gasteiger partial charge in [-0.25, -0.2) is 4.79 Å². The summed E-state index contributed by atoms with van der Waals surface area (Å²) in [5, 5.41) is 10.9. The summed E-state index contributed by atoms with van der Waals surface area (Å²) in [4.78, 5) is 20.8. The molecule has 0 aromatic rings. The van der Waals surface area contributed by atoms with Gasteiger partial charge in [0.05, 0.1) is 6.04 Å². The highest BCUT2D eigenvalue weighted by atomic mass is 16.7. The number of nitrogens with one attached hydrogen (secondary N) is 1. The first-order valence-electron chi connectivity index (χ1n) is 3.93. The number of carbonyl (C=O) groups is 2. The largest absolute Gasteiger partial charge is 0.506 e. The number of ether oxygens (including phenoxy) is 1. The second-order valence-electron chi connectivity index (χ2n) is 2.85. The second kappa shape index (κ2) is 3.93. The molecule has 2 N–H and O–H groups in total. The Morgan fingerprint density at radius 1 is 1.54 bits per heavy atom. The molecular weight excluding hydrogens is 174 g/mol. The standard InChI is InChI=1S/C8H11NO4/c1-5(10)9-6-2-3-7(4-6)13-8(11)12/h2-3,6-7H,4H2,1H3,(H,9,10)(H,11,12)/t6-,7+/m0/s1. The molecule has 1 aliphatic carbocycles. The van der Waals surface area contributed by atoms with Crippen LogP contribution >= 0.6 is 0 Å². The Morgan fingerprint density at radius 2 is 2.23 bits per heavy atom. The van der Waals surface area contributed by atoms with E-state index in [9.17, 15) is 9.59 Å². The second-order valence-corrected chi connectivity index (χ2v) is 2.85. The van der Waals surface area contributed by atoms with Crippen LogP contribution in [0.1, 0.15) is 13.3 Å². The van der Waals surface area contributed by atoms with Gasteiger partial charge in [-0.3, -0.25) is 4.79 Å². The Hall–Kier alpha value is -1.52. The smallest absolute Gasteiger partial charge is 0.450 e. The van der Waals surface area contributed by atoms with Crippen molar-refractivity contribution in [3.63, 3.8) is 0 Å². The Balaban J connectivity index is 2.33. The third-order valence-electron chi connectivity index (χ3n) is 1.69. The molecule has 0 aliphatic heterocycles. The predicted octanol–water partition coefficient (Wildman–Crippen LogP) is 0.514. The van der Waals surface area contributed by atoms with Crippen molar-refractivity contribution in [1.29, 1.82) is 0 Å². The average Bonchev–Trinajstić information content (AvgIpc) is 2.33. The minimum Gasteiger partial charge on any atom is -0.450 e. The molecule has 0 bridgehead atoms. The lowest BCUT2D eigenvalue weighted by Crippen LogP contribution is -2.31. The topological polar surface area (TPSA) is 75.6 Å². The molecule has 0 radical (unpaired) electrons. The number of amides is 1. The minimum atomic E-state index is -1.29. The number of hydrogen-bond acceptors (Lipinski definition) is 3. The normalized spacial score (nSPS) is 25.6. The zero-order valence-corrected chi connectivity index (χ0v) is 7.19. The molecule has 0 fully saturated rings. The van der Waals surface area contributed by atoms with Gasteiger partial charge in [0.15, 0.2) is 0 Å². The molecule has 0 unspecified atom stereocenters. The maximum Gasteiger partial charge on any atom is 0.506 e. The summed E-state index contributed by atoms with van der Waals surface area (Å²) in [5.74, 6) is -0.134. The molecule has 13 heavy (non-hydrogen) atoms. The van der Waals surface area contributed by atoms with E-state index in [4.69, 9.17) is 5.11 Å². The van der Waals surface area contributed by atoms with Crippen LogP contribution in [0.25, 0.3) is 0 Å². The van der Waals surface area contributed by atoms with E-state index in [1.54, 1.807) is 12.2 Å². The highest BCUT2D eigenvalue weighted by molar-refractivity contribution is 5.73. The zero-order chi connectivity index (χ0) is 9.84. The fraction of sp³-hybridized carbons (Fsp3) is 0.500. The lowest BCUT2D eigenvalue weighted by Gasteiger charge is -2.11. The Kier molecular flexibility index (Phi) is 2.89. The molecule has 1 rings (SSSR count). The van der Waals surface area contributed by atoms with Gasteiger partial charge in [-0.15, -0.1) is 0 Å². The maximum atomic E-state index is 10.6. The van der Waals surface area contributed by atoms with Crippen LogP contribution in [-0.2, 0) is 9.53 Å². The van der Waals surface area contributed by atoms with Crippen molar-refractivity contribution >= 4 is 12.1 Å². The maximum absolute atomic E-state index is 10.6. The summed E-state index contributed by atoms with van der Waals surface area (Å²) >= 11 is 0. The molecular formula is C8H11NO4. The van der Waals surface area contributed by atoms with Gasteiger partial charge in [-0.2, -0.15) is 0 Å². The van der Waals surface area contributed by atoms with Gasteiger partial charge in [0.25, 0.3) is 0 Å². The first-order chi connectivity index (χ1) is 6.08. The van der Waals surface area contributed by atoms with E-state index in [1.165, 1.54) is 6.92 Å². The highest BCUT2D eigenvalue weighted by Gasteiger charge is 2.21. The van der Waals surface area contributed by atoms with Crippen LogP contribution in [0, 0.1) is 0 Å². The fourth-order valence-corrected chi connectivity index (χ4v) is 1.25. The molecule has 0 saturated carbocycles. The van der Waals surface area contributed by atoms with Crippen LogP contribution in [0.5, 0.6) is 0 Å². The number of carboxylic acid groups (broad SMARTS) is 1. The molecule has 1 amide bonds. The van der Waals surface area contributed by atoms with Gasteiger partial charge in [0, 0.05) is 13.3 Å². The highest BCUT2D eigenvalue weighted by Crippen LogP contribution is 2.14. The van der Waals surface area contributed by atoms with E-state index in [0.717, 1.165) is 0 Å². The summed E-state index contributed by atoms with van der Waals surface area (Å²) < 4.78 is 4.50. The number of carbonyl (C=O) groups excluding carboxylic acids is 1. The SMILES string of the molecule is CC(=O)N[C@H]1C=C[C@@H](OC(=O)O)C1. The van der Waals surface area contributed by atoms with Crippen LogP contribution in [-0.4, -0.2) is 29.3 Å². The first-order valence-corrected chi connectivity index (χ1v) is 3.93. The van der Waals surface area contributed by atoms with E-state index in [0.29, 0.717) is 6.42 Å². The van der Waals surface area contributed by atoms with E-state index < -0.39 is 12.3 Å².